The molecule has 0 radical (unpaired) electrons. The fourth-order valence-corrected chi connectivity index (χ4v) is 4.68. The molecule has 7 nitrogen and oxygen atoms in total. The van der Waals surface area contributed by atoms with Gasteiger partial charge >= 0.3 is 0 Å². The Kier molecular flexibility index (Phi) is 7.82. The van der Waals surface area contributed by atoms with Crippen LogP contribution in [-0.4, -0.2) is 50.3 Å². The van der Waals surface area contributed by atoms with Crippen molar-refractivity contribution in [3.8, 4) is 0 Å². The maximum absolute atomic E-state index is 12.8. The van der Waals surface area contributed by atoms with Crippen LogP contribution in [0.1, 0.15) is 25.7 Å². The first kappa shape index (κ1) is 22.6. The van der Waals surface area contributed by atoms with Gasteiger partial charge in [0.15, 0.2) is 0 Å². The third-order valence-electron chi connectivity index (χ3n) is 4.29. The predicted molar refractivity (Wildman–Crippen MR) is 113 cm³/mol. The second-order valence-corrected chi connectivity index (χ2v) is 10.2. The van der Waals surface area contributed by atoms with Gasteiger partial charge in [0, 0.05) is 37.1 Å². The van der Waals surface area contributed by atoms with E-state index in [0.717, 1.165) is 30.2 Å². The average molecular weight is 429 g/mol. The van der Waals surface area contributed by atoms with Crippen LogP contribution >= 0.6 is 0 Å². The highest BCUT2D eigenvalue weighted by Crippen LogP contribution is 2.30. The van der Waals surface area contributed by atoms with E-state index in [9.17, 15) is 16.8 Å². The molecule has 0 saturated carbocycles. The number of anilines is 1. The van der Waals surface area contributed by atoms with E-state index in [4.69, 9.17) is 0 Å². The number of benzene rings is 2. The fourth-order valence-electron chi connectivity index (χ4n) is 2.96. The van der Waals surface area contributed by atoms with Gasteiger partial charge in [-0.15, -0.1) is 0 Å². The van der Waals surface area contributed by atoms with E-state index in [1.54, 1.807) is 12.1 Å². The Morgan fingerprint density at radius 2 is 1.54 bits per heavy atom. The van der Waals surface area contributed by atoms with Gasteiger partial charge in [-0.05, 0) is 25.0 Å². The zero-order valence-corrected chi connectivity index (χ0v) is 18.1. The number of sulfonamides is 1. The highest BCUT2D eigenvalue weighted by atomic mass is 32.2. The molecule has 9 heteroatoms. The molecule has 0 heterocycles. The lowest BCUT2D eigenvalue weighted by atomic mass is 10.1. The lowest BCUT2D eigenvalue weighted by Crippen LogP contribution is -2.25. The van der Waals surface area contributed by atoms with Gasteiger partial charge in [-0.25, -0.2) is 13.1 Å². The summed E-state index contributed by atoms with van der Waals surface area (Å²) in [5.41, 5.74) is 0.964. The van der Waals surface area contributed by atoms with Gasteiger partial charge in [-0.2, -0.15) is 8.42 Å². The first-order valence-electron chi connectivity index (χ1n) is 9.15. The van der Waals surface area contributed by atoms with Crippen molar-refractivity contribution in [3.63, 3.8) is 0 Å². The molecule has 2 aromatic carbocycles. The molecule has 2 rings (SSSR count). The lowest BCUT2D eigenvalue weighted by molar-refractivity contribution is 0.310. The number of hydrogen-bond acceptors (Lipinski definition) is 6. The van der Waals surface area contributed by atoms with Crippen molar-refractivity contribution < 1.29 is 21.0 Å². The Bertz CT molecular complexity index is 1000. The van der Waals surface area contributed by atoms with E-state index < -0.39 is 20.1 Å². The molecule has 0 spiro atoms. The summed E-state index contributed by atoms with van der Waals surface area (Å²) >= 11 is 0. The molecular weight excluding hydrogens is 400 g/mol. The minimum atomic E-state index is -3.62. The van der Waals surface area contributed by atoms with E-state index in [1.165, 1.54) is 0 Å². The lowest BCUT2D eigenvalue weighted by Gasteiger charge is -2.17. The predicted octanol–water partition coefficient (Wildman–Crippen LogP) is 2.72. The second kappa shape index (κ2) is 9.69. The van der Waals surface area contributed by atoms with E-state index >= 15 is 0 Å². The molecule has 0 aromatic heterocycles. The molecule has 0 unspecified atom stereocenters. The van der Waals surface area contributed by atoms with E-state index in [1.807, 2.05) is 43.3 Å². The fraction of sp³-hybridized carbons (Fsp3) is 0.474. The summed E-state index contributed by atoms with van der Waals surface area (Å²) in [7, 11) is -3.16. The summed E-state index contributed by atoms with van der Waals surface area (Å²) in [5, 5.41) is 1.58. The largest absolute Gasteiger partial charge is 0.377 e. The topological polar surface area (TPSA) is 92.8 Å². The molecular formula is C19H28N2O5S2. The first-order valence-corrected chi connectivity index (χ1v) is 12.4. The van der Waals surface area contributed by atoms with Crippen molar-refractivity contribution in [3.05, 3.63) is 36.4 Å². The molecule has 28 heavy (non-hydrogen) atoms. The Labute approximate surface area is 167 Å². The van der Waals surface area contributed by atoms with E-state index in [0.29, 0.717) is 24.8 Å². The quantitative estimate of drug-likeness (QED) is 0.437. The van der Waals surface area contributed by atoms with E-state index in [2.05, 4.69) is 8.91 Å². The van der Waals surface area contributed by atoms with Gasteiger partial charge in [0.05, 0.1) is 17.8 Å². The van der Waals surface area contributed by atoms with Gasteiger partial charge in [0.25, 0.3) is 10.1 Å². The standard InChI is InChI=1S/C19H28N2O5S2/c1-21(2)18-12-8-11-17-16(18)10-9-13-19(17)28(24,25)20-14-6-4-5-7-15-26-27(3,22)23/h8-13,20H,4-7,14-15H2,1-3H3. The van der Waals surface area contributed by atoms with E-state index in [-0.39, 0.29) is 11.5 Å². The summed E-state index contributed by atoms with van der Waals surface area (Å²) in [6, 6.07) is 10.9. The minimum absolute atomic E-state index is 0.161. The van der Waals surface area contributed by atoms with Crippen LogP contribution < -0.4 is 9.62 Å². The summed E-state index contributed by atoms with van der Waals surface area (Å²) in [4.78, 5) is 2.23. The molecule has 0 bridgehead atoms. The molecule has 0 aliphatic rings. The summed E-state index contributed by atoms with van der Waals surface area (Å²) in [5.74, 6) is 0. The van der Waals surface area contributed by atoms with Gasteiger partial charge in [0.1, 0.15) is 0 Å². The van der Waals surface area contributed by atoms with Crippen LogP contribution in [0.2, 0.25) is 0 Å². The highest BCUT2D eigenvalue weighted by Gasteiger charge is 2.17. The first-order chi connectivity index (χ1) is 13.1. The second-order valence-electron chi connectivity index (χ2n) is 6.86. The zero-order chi connectivity index (χ0) is 20.8. The Balaban J connectivity index is 1.94. The number of nitrogens with one attached hydrogen (secondary N) is 1. The van der Waals surface area contributed by atoms with Crippen molar-refractivity contribution in [2.75, 3.05) is 38.4 Å². The van der Waals surface area contributed by atoms with Crippen LogP contribution in [0, 0.1) is 0 Å². The summed E-state index contributed by atoms with van der Waals surface area (Å²) < 4.78 is 54.6. The molecule has 1 N–H and O–H groups in total. The number of hydrogen-bond donors (Lipinski definition) is 1. The Morgan fingerprint density at radius 3 is 2.21 bits per heavy atom. The molecule has 2 aromatic rings. The van der Waals surface area contributed by atoms with Crippen LogP contribution in [0.5, 0.6) is 0 Å². The number of unbranched alkanes of at least 4 members (excludes halogenated alkanes) is 3. The van der Waals surface area contributed by atoms with Crippen molar-refractivity contribution in [2.24, 2.45) is 0 Å². The Morgan fingerprint density at radius 1 is 0.893 bits per heavy atom. The Hall–Kier alpha value is -1.68. The van der Waals surface area contributed by atoms with Crippen LogP contribution in [0.4, 0.5) is 5.69 Å². The number of nitrogens with zero attached hydrogens (tertiary/aromatic N) is 1. The molecule has 0 aliphatic heterocycles. The van der Waals surface area contributed by atoms with Crippen LogP contribution in [0.3, 0.4) is 0 Å². The normalized spacial score (nSPS) is 12.4. The monoisotopic (exact) mass is 428 g/mol. The van der Waals surface area contributed by atoms with Crippen molar-refractivity contribution in [1.29, 1.82) is 0 Å². The summed E-state index contributed by atoms with van der Waals surface area (Å²) in [6.07, 6.45) is 3.88. The maximum atomic E-state index is 12.8. The molecule has 0 saturated heterocycles. The molecule has 156 valence electrons. The molecule has 0 atom stereocenters. The van der Waals surface area contributed by atoms with Crippen molar-refractivity contribution in [2.45, 2.75) is 30.6 Å². The van der Waals surface area contributed by atoms with Gasteiger partial charge < -0.3 is 4.90 Å². The minimum Gasteiger partial charge on any atom is -0.377 e. The van der Waals surface area contributed by atoms with Crippen LogP contribution in [0.25, 0.3) is 10.8 Å². The van der Waals surface area contributed by atoms with Crippen LogP contribution in [-0.2, 0) is 24.3 Å². The van der Waals surface area contributed by atoms with Gasteiger partial charge in [-0.3, -0.25) is 4.18 Å². The van der Waals surface area contributed by atoms with Crippen molar-refractivity contribution in [1.82, 2.24) is 4.72 Å². The molecule has 0 amide bonds. The van der Waals surface area contributed by atoms with Crippen molar-refractivity contribution >= 4 is 36.6 Å². The zero-order valence-electron chi connectivity index (χ0n) is 16.5. The third-order valence-corrected chi connectivity index (χ3v) is 6.40. The SMILES string of the molecule is CN(C)c1cccc2c(S(=O)(=O)NCCCCCCOS(C)(=O)=O)cccc12. The van der Waals surface area contributed by atoms with Crippen LogP contribution in [0.15, 0.2) is 41.3 Å². The highest BCUT2D eigenvalue weighted by molar-refractivity contribution is 7.89. The smallest absolute Gasteiger partial charge is 0.264 e. The van der Waals surface area contributed by atoms with Gasteiger partial charge in [0.2, 0.25) is 10.0 Å². The average Bonchev–Trinajstić information content (AvgIpc) is 2.61. The molecule has 0 fully saturated rings. The maximum Gasteiger partial charge on any atom is 0.264 e. The number of fused-ring (bicyclic) bond motifs is 1. The molecule has 0 aliphatic carbocycles. The van der Waals surface area contributed by atoms with Gasteiger partial charge in [-0.1, -0.05) is 37.1 Å². The summed E-state index contributed by atoms with van der Waals surface area (Å²) in [6.45, 7) is 0.494. The number of rotatable bonds is 11. The third kappa shape index (κ3) is 6.44.